The van der Waals surface area contributed by atoms with Gasteiger partial charge in [0.05, 0.1) is 11.0 Å². The number of fused-ring (bicyclic) bond motifs is 6. The number of pyridine rings is 1. The molecule has 0 unspecified atom stereocenters. The third-order valence-corrected chi connectivity index (χ3v) is 4.87. The van der Waals surface area contributed by atoms with E-state index in [1.165, 1.54) is 0 Å². The molecule has 116 valence electrons. The monoisotopic (exact) mass is 313 g/mol. The standard InChI is InChI=1S/C21H15NO2/c23-19-10-7-13-6-9-18-16(20(13)21(19)24)11-15-14-4-2-1-3-12(14)5-8-17(15)22-18/h1-11,19,21,23-24H/t19-,21+/m1/s1. The predicted octanol–water partition coefficient (Wildman–Crippen LogP) is 3.96. The van der Waals surface area contributed by atoms with E-state index in [0.717, 1.165) is 43.7 Å². The fourth-order valence-electron chi connectivity index (χ4n) is 3.65. The molecule has 0 radical (unpaired) electrons. The van der Waals surface area contributed by atoms with Crippen LogP contribution in [0.5, 0.6) is 0 Å². The molecule has 0 amide bonds. The second-order valence-electron chi connectivity index (χ2n) is 6.27. The van der Waals surface area contributed by atoms with Gasteiger partial charge in [0.15, 0.2) is 0 Å². The number of rotatable bonds is 0. The molecule has 2 atom stereocenters. The van der Waals surface area contributed by atoms with Crippen molar-refractivity contribution in [2.45, 2.75) is 12.2 Å². The van der Waals surface area contributed by atoms with Crippen molar-refractivity contribution in [2.24, 2.45) is 0 Å². The van der Waals surface area contributed by atoms with E-state index in [1.807, 2.05) is 36.4 Å². The number of hydrogen-bond donors (Lipinski definition) is 2. The summed E-state index contributed by atoms with van der Waals surface area (Å²) in [5.74, 6) is 0. The highest BCUT2D eigenvalue weighted by Gasteiger charge is 2.25. The second-order valence-corrected chi connectivity index (χ2v) is 6.27. The lowest BCUT2D eigenvalue weighted by atomic mass is 9.89. The maximum absolute atomic E-state index is 10.5. The second kappa shape index (κ2) is 4.87. The molecule has 0 bridgehead atoms. The molecule has 2 N–H and O–H groups in total. The van der Waals surface area contributed by atoms with Crippen LogP contribution in [-0.2, 0) is 0 Å². The lowest BCUT2D eigenvalue weighted by molar-refractivity contribution is 0.0480. The smallest absolute Gasteiger partial charge is 0.110 e. The maximum atomic E-state index is 10.5. The SMILES string of the molecule is O[C@@H]1C=Cc2ccc3nc4ccc5ccccc5c4cc3c2[C@H]1O. The van der Waals surface area contributed by atoms with E-state index in [1.54, 1.807) is 6.08 Å². The summed E-state index contributed by atoms with van der Waals surface area (Å²) >= 11 is 0. The molecule has 0 saturated carbocycles. The molecule has 0 fully saturated rings. The van der Waals surface area contributed by atoms with Crippen LogP contribution in [0.4, 0.5) is 0 Å². The van der Waals surface area contributed by atoms with E-state index in [2.05, 4.69) is 24.3 Å². The molecular weight excluding hydrogens is 298 g/mol. The number of hydrogen-bond acceptors (Lipinski definition) is 3. The first kappa shape index (κ1) is 13.7. The summed E-state index contributed by atoms with van der Waals surface area (Å²) in [6.07, 6.45) is 1.68. The highest BCUT2D eigenvalue weighted by atomic mass is 16.3. The van der Waals surface area contributed by atoms with E-state index in [-0.39, 0.29) is 0 Å². The summed E-state index contributed by atoms with van der Waals surface area (Å²) < 4.78 is 0. The van der Waals surface area contributed by atoms with Gasteiger partial charge in [0.1, 0.15) is 12.2 Å². The predicted molar refractivity (Wildman–Crippen MR) is 96.8 cm³/mol. The first-order valence-corrected chi connectivity index (χ1v) is 8.02. The average molecular weight is 313 g/mol. The molecule has 1 aliphatic carbocycles. The van der Waals surface area contributed by atoms with Crippen LogP contribution in [0.3, 0.4) is 0 Å². The maximum Gasteiger partial charge on any atom is 0.110 e. The Bertz CT molecular complexity index is 1150. The Balaban J connectivity index is 1.95. The molecule has 0 spiro atoms. The van der Waals surface area contributed by atoms with Gasteiger partial charge in [0.25, 0.3) is 0 Å². The average Bonchev–Trinajstić information content (AvgIpc) is 2.62. The van der Waals surface area contributed by atoms with Gasteiger partial charge in [-0.2, -0.15) is 0 Å². The zero-order valence-corrected chi connectivity index (χ0v) is 12.8. The number of aliphatic hydroxyl groups is 2. The van der Waals surface area contributed by atoms with E-state index >= 15 is 0 Å². The van der Waals surface area contributed by atoms with E-state index in [9.17, 15) is 10.2 Å². The Morgan fingerprint density at radius 3 is 2.50 bits per heavy atom. The minimum atomic E-state index is -0.928. The first-order chi connectivity index (χ1) is 11.7. The van der Waals surface area contributed by atoms with Gasteiger partial charge in [-0.15, -0.1) is 0 Å². The molecule has 4 aromatic rings. The van der Waals surface area contributed by atoms with Gasteiger partial charge in [0.2, 0.25) is 0 Å². The molecule has 3 heteroatoms. The van der Waals surface area contributed by atoms with Crippen LogP contribution in [-0.4, -0.2) is 21.3 Å². The van der Waals surface area contributed by atoms with Gasteiger partial charge in [-0.25, -0.2) is 4.98 Å². The van der Waals surface area contributed by atoms with Gasteiger partial charge in [0, 0.05) is 16.3 Å². The first-order valence-electron chi connectivity index (χ1n) is 8.02. The zero-order valence-electron chi connectivity index (χ0n) is 12.8. The van der Waals surface area contributed by atoms with Crippen LogP contribution in [0.25, 0.3) is 38.7 Å². The molecule has 1 aliphatic rings. The summed E-state index contributed by atoms with van der Waals surface area (Å²) in [6.45, 7) is 0. The fourth-order valence-corrected chi connectivity index (χ4v) is 3.65. The molecule has 1 heterocycles. The van der Waals surface area contributed by atoms with E-state index in [4.69, 9.17) is 4.98 Å². The summed E-state index contributed by atoms with van der Waals surface area (Å²) in [4.78, 5) is 4.78. The molecule has 1 aromatic heterocycles. The van der Waals surface area contributed by atoms with Crippen molar-refractivity contribution < 1.29 is 10.2 Å². The van der Waals surface area contributed by atoms with Crippen LogP contribution < -0.4 is 0 Å². The summed E-state index contributed by atoms with van der Waals surface area (Å²) in [5.41, 5.74) is 3.45. The molecule has 24 heavy (non-hydrogen) atoms. The van der Waals surface area contributed by atoms with Crippen molar-refractivity contribution >= 4 is 38.7 Å². The van der Waals surface area contributed by atoms with Crippen LogP contribution in [0, 0.1) is 0 Å². The molecule has 0 aliphatic heterocycles. The molecular formula is C21H15NO2. The van der Waals surface area contributed by atoms with Crippen molar-refractivity contribution in [3.8, 4) is 0 Å². The van der Waals surface area contributed by atoms with Gasteiger partial charge in [-0.1, -0.05) is 48.6 Å². The highest BCUT2D eigenvalue weighted by molar-refractivity contribution is 6.10. The van der Waals surface area contributed by atoms with Gasteiger partial charge in [-0.3, -0.25) is 0 Å². The summed E-state index contributed by atoms with van der Waals surface area (Å²) in [5, 5.41) is 24.8. The lowest BCUT2D eigenvalue weighted by Crippen LogP contribution is -2.19. The molecule has 3 aromatic carbocycles. The Hall–Kier alpha value is -2.75. The van der Waals surface area contributed by atoms with Crippen LogP contribution in [0.1, 0.15) is 17.2 Å². The fraction of sp³-hybridized carbons (Fsp3) is 0.0952. The van der Waals surface area contributed by atoms with Gasteiger partial charge >= 0.3 is 0 Å². The number of aliphatic hydroxyl groups excluding tert-OH is 2. The van der Waals surface area contributed by atoms with Crippen LogP contribution in [0.2, 0.25) is 0 Å². The minimum Gasteiger partial charge on any atom is -0.386 e. The third-order valence-electron chi connectivity index (χ3n) is 4.87. The Kier molecular flexibility index (Phi) is 2.77. The van der Waals surface area contributed by atoms with Gasteiger partial charge < -0.3 is 10.2 Å². The minimum absolute atomic E-state index is 0.754. The quantitative estimate of drug-likeness (QED) is 0.381. The zero-order chi connectivity index (χ0) is 16.3. The Morgan fingerprint density at radius 2 is 1.58 bits per heavy atom. The molecule has 3 nitrogen and oxygen atoms in total. The van der Waals surface area contributed by atoms with Crippen molar-refractivity contribution in [3.05, 3.63) is 71.8 Å². The molecule has 0 saturated heterocycles. The van der Waals surface area contributed by atoms with E-state index in [0.29, 0.717) is 0 Å². The van der Waals surface area contributed by atoms with Crippen LogP contribution >= 0.6 is 0 Å². The molecule has 5 rings (SSSR count). The highest BCUT2D eigenvalue weighted by Crippen LogP contribution is 2.36. The number of aromatic nitrogens is 1. The van der Waals surface area contributed by atoms with Crippen molar-refractivity contribution in [2.75, 3.05) is 0 Å². The normalized spacial score (nSPS) is 19.9. The largest absolute Gasteiger partial charge is 0.386 e. The number of benzene rings is 3. The van der Waals surface area contributed by atoms with Gasteiger partial charge in [-0.05, 0) is 34.5 Å². The van der Waals surface area contributed by atoms with Crippen molar-refractivity contribution in [1.82, 2.24) is 4.98 Å². The Labute approximate surface area is 138 Å². The third kappa shape index (κ3) is 1.83. The van der Waals surface area contributed by atoms with Crippen molar-refractivity contribution in [3.63, 3.8) is 0 Å². The lowest BCUT2D eigenvalue weighted by Gasteiger charge is -2.23. The van der Waals surface area contributed by atoms with Crippen LogP contribution in [0.15, 0.2) is 60.7 Å². The topological polar surface area (TPSA) is 53.4 Å². The van der Waals surface area contributed by atoms with E-state index < -0.39 is 12.2 Å². The van der Waals surface area contributed by atoms with Crippen molar-refractivity contribution in [1.29, 1.82) is 0 Å². The number of nitrogens with zero attached hydrogens (tertiary/aromatic N) is 1. The Morgan fingerprint density at radius 1 is 0.792 bits per heavy atom. The summed E-state index contributed by atoms with van der Waals surface area (Å²) in [7, 11) is 0. The summed E-state index contributed by atoms with van der Waals surface area (Å²) in [6, 6.07) is 18.3.